The molecule has 0 unspecified atom stereocenters. The Balaban J connectivity index is 2.08. The van der Waals surface area contributed by atoms with Gasteiger partial charge in [0.1, 0.15) is 48.8 Å². The number of rotatable bonds is 10. The van der Waals surface area contributed by atoms with Gasteiger partial charge in [-0.25, -0.2) is 0 Å². The summed E-state index contributed by atoms with van der Waals surface area (Å²) in [5.74, 6) is -1.09. The van der Waals surface area contributed by atoms with Crippen molar-refractivity contribution in [3.8, 4) is 0 Å². The van der Waals surface area contributed by atoms with Crippen molar-refractivity contribution in [2.45, 2.75) is 80.3 Å². The molecule has 0 aromatic heterocycles. The van der Waals surface area contributed by atoms with Crippen LogP contribution >= 0.6 is 0 Å². The van der Waals surface area contributed by atoms with E-state index in [2.05, 4.69) is 4.99 Å². The molecule has 0 spiro atoms. The second-order valence-electron chi connectivity index (χ2n) is 7.99. The highest BCUT2D eigenvalue weighted by molar-refractivity contribution is 5.76. The summed E-state index contributed by atoms with van der Waals surface area (Å²) >= 11 is 0. The lowest BCUT2D eigenvalue weighted by Crippen LogP contribution is -2.65. The van der Waals surface area contributed by atoms with Gasteiger partial charge in [-0.05, 0) is 12.8 Å². The van der Waals surface area contributed by atoms with Gasteiger partial charge in [0.2, 0.25) is 0 Å². The number of nitrogens with two attached hydrogens (primary N) is 3. The third-order valence-corrected chi connectivity index (χ3v) is 5.47. The summed E-state index contributed by atoms with van der Waals surface area (Å²) in [6.45, 7) is -1.29. The normalized spacial score (nSPS) is 39.3. The van der Waals surface area contributed by atoms with Crippen LogP contribution in [0.2, 0.25) is 0 Å². The van der Waals surface area contributed by atoms with Gasteiger partial charge in [-0.15, -0.1) is 0 Å². The Labute approximate surface area is 194 Å². The molecule has 11 atom stereocenters. The Hall–Kier alpha value is -1.70. The first-order chi connectivity index (χ1) is 16.0. The van der Waals surface area contributed by atoms with E-state index < -0.39 is 86.6 Å². The highest BCUT2D eigenvalue weighted by atomic mass is 16.7. The molecule has 0 saturated carbocycles. The van der Waals surface area contributed by atoms with Crippen LogP contribution in [0.4, 0.5) is 0 Å². The molecular formula is C18H34N4O12. The van der Waals surface area contributed by atoms with E-state index in [1.54, 1.807) is 0 Å². The molecule has 2 aliphatic rings. The summed E-state index contributed by atoms with van der Waals surface area (Å²) in [6.07, 6.45) is -16.0. The van der Waals surface area contributed by atoms with Gasteiger partial charge in [-0.1, -0.05) is 0 Å². The van der Waals surface area contributed by atoms with E-state index in [0.29, 0.717) is 6.42 Å². The van der Waals surface area contributed by atoms with Crippen LogP contribution in [0, 0.1) is 0 Å². The van der Waals surface area contributed by atoms with Gasteiger partial charge >= 0.3 is 5.97 Å². The quantitative estimate of drug-likeness (QED) is 0.0579. The van der Waals surface area contributed by atoms with Gasteiger partial charge in [-0.3, -0.25) is 9.79 Å². The van der Waals surface area contributed by atoms with Crippen molar-refractivity contribution in [1.29, 1.82) is 0 Å². The van der Waals surface area contributed by atoms with E-state index in [4.69, 9.17) is 36.1 Å². The van der Waals surface area contributed by atoms with Gasteiger partial charge in [0.15, 0.2) is 24.6 Å². The molecule has 2 heterocycles. The van der Waals surface area contributed by atoms with Crippen molar-refractivity contribution >= 4 is 11.9 Å². The lowest BCUT2D eigenvalue weighted by atomic mass is 9.96. The van der Waals surface area contributed by atoms with E-state index >= 15 is 0 Å². The molecule has 16 heteroatoms. The topological polar surface area (TPSA) is 286 Å². The predicted octanol–water partition coefficient (Wildman–Crippen LogP) is -6.47. The first-order valence-electron chi connectivity index (χ1n) is 10.6. The number of nitrogens with zero attached hydrogens (tertiary/aromatic N) is 1. The average molecular weight is 498 g/mol. The fraction of sp³-hybridized carbons (Fsp3) is 0.889. The molecule has 0 aliphatic carbocycles. The Kier molecular flexibility index (Phi) is 10.8. The smallest absolute Gasteiger partial charge is 0.323 e. The van der Waals surface area contributed by atoms with E-state index in [0.717, 1.165) is 0 Å². The summed E-state index contributed by atoms with van der Waals surface area (Å²) in [6, 6.07) is -1.15. The molecular weight excluding hydrogens is 464 g/mol. The molecule has 0 bridgehead atoms. The number of carbonyl (C=O) groups is 1. The molecule has 0 aromatic carbocycles. The SMILES string of the molecule is NC(N)=NCCC[C@H](N)C(=O)O[C@@H]1[C@@H](O)[C@@H](O[C@H]2[C@H](O)[C@@H](O)[C@H](O)O[C@@H]2CO)O[C@H](CO)[C@H]1O. The van der Waals surface area contributed by atoms with Crippen LogP contribution in [0.3, 0.4) is 0 Å². The number of esters is 1. The van der Waals surface area contributed by atoms with Crippen molar-refractivity contribution in [1.82, 2.24) is 0 Å². The molecule has 2 fully saturated rings. The molecule has 198 valence electrons. The number of carbonyl (C=O) groups excluding carboxylic acids is 1. The number of aliphatic imine (C=N–C) groups is 1. The van der Waals surface area contributed by atoms with Gasteiger partial charge in [-0.2, -0.15) is 0 Å². The summed E-state index contributed by atoms with van der Waals surface area (Å²) < 4.78 is 20.9. The van der Waals surface area contributed by atoms with Crippen LogP contribution in [0.15, 0.2) is 4.99 Å². The number of ether oxygens (including phenoxy) is 4. The van der Waals surface area contributed by atoms with E-state index in [1.807, 2.05) is 0 Å². The predicted molar refractivity (Wildman–Crippen MR) is 110 cm³/mol. The van der Waals surface area contributed by atoms with Crippen LogP contribution in [0.1, 0.15) is 12.8 Å². The lowest BCUT2D eigenvalue weighted by molar-refractivity contribution is -0.355. The molecule has 2 rings (SSSR count). The van der Waals surface area contributed by atoms with E-state index in [9.17, 15) is 40.5 Å². The summed E-state index contributed by atoms with van der Waals surface area (Å²) in [7, 11) is 0. The minimum Gasteiger partial charge on any atom is -0.455 e. The largest absolute Gasteiger partial charge is 0.455 e. The zero-order chi connectivity index (χ0) is 25.6. The molecule has 16 nitrogen and oxygen atoms in total. The standard InChI is InChI=1S/C18H34N4O12/c19-6(2-1-3-22-18(20)21)15(29)33-14-9(25)7(4-23)32-17(12(14)28)34-13-8(5-24)31-16(30)11(27)10(13)26/h6-14,16-17,23-28,30H,1-5,19H2,(H4,20,21,22)/t6-,7+,8+,9+,10+,11+,12+,13+,14-,16+,17+/m0/s1. The minimum atomic E-state index is -1.84. The third kappa shape index (κ3) is 6.92. The Morgan fingerprint density at radius 3 is 2.15 bits per heavy atom. The molecule has 0 radical (unpaired) electrons. The Morgan fingerprint density at radius 1 is 0.912 bits per heavy atom. The molecule has 0 aromatic rings. The van der Waals surface area contributed by atoms with Crippen LogP contribution in [0.25, 0.3) is 0 Å². The summed E-state index contributed by atoms with van der Waals surface area (Å²) in [4.78, 5) is 16.2. The van der Waals surface area contributed by atoms with Crippen molar-refractivity contribution in [2.75, 3.05) is 19.8 Å². The van der Waals surface area contributed by atoms with Gasteiger partial charge in [0.25, 0.3) is 0 Å². The van der Waals surface area contributed by atoms with Crippen LogP contribution in [-0.2, 0) is 23.7 Å². The zero-order valence-corrected chi connectivity index (χ0v) is 18.2. The third-order valence-electron chi connectivity index (χ3n) is 5.47. The van der Waals surface area contributed by atoms with Gasteiger partial charge in [0, 0.05) is 6.54 Å². The monoisotopic (exact) mass is 498 g/mol. The fourth-order valence-electron chi connectivity index (χ4n) is 3.55. The first kappa shape index (κ1) is 28.5. The Bertz CT molecular complexity index is 681. The van der Waals surface area contributed by atoms with Crippen molar-refractivity contribution < 1.29 is 59.5 Å². The molecule has 2 aliphatic heterocycles. The van der Waals surface area contributed by atoms with Crippen LogP contribution < -0.4 is 17.2 Å². The van der Waals surface area contributed by atoms with E-state index in [1.165, 1.54) is 0 Å². The maximum atomic E-state index is 12.4. The summed E-state index contributed by atoms with van der Waals surface area (Å²) in [5, 5.41) is 69.8. The molecule has 13 N–H and O–H groups in total. The highest BCUT2D eigenvalue weighted by Gasteiger charge is 2.51. The van der Waals surface area contributed by atoms with Crippen molar-refractivity contribution in [2.24, 2.45) is 22.2 Å². The average Bonchev–Trinajstić information content (AvgIpc) is 2.80. The second kappa shape index (κ2) is 12.8. The van der Waals surface area contributed by atoms with Crippen LogP contribution in [0.5, 0.6) is 0 Å². The first-order valence-corrected chi connectivity index (χ1v) is 10.6. The van der Waals surface area contributed by atoms with Gasteiger partial charge in [0.05, 0.1) is 13.2 Å². The number of guanidine groups is 1. The van der Waals surface area contributed by atoms with Gasteiger partial charge < -0.3 is 71.9 Å². The van der Waals surface area contributed by atoms with E-state index in [-0.39, 0.29) is 18.9 Å². The fourth-order valence-corrected chi connectivity index (χ4v) is 3.55. The molecule has 0 amide bonds. The number of aliphatic hydroxyl groups excluding tert-OH is 7. The summed E-state index contributed by atoms with van der Waals surface area (Å²) in [5.41, 5.74) is 16.2. The Morgan fingerprint density at radius 2 is 1.56 bits per heavy atom. The van der Waals surface area contributed by atoms with Crippen molar-refractivity contribution in [3.05, 3.63) is 0 Å². The highest BCUT2D eigenvalue weighted by Crippen LogP contribution is 2.29. The number of hydrogen-bond donors (Lipinski definition) is 10. The van der Waals surface area contributed by atoms with Crippen LogP contribution in [-0.4, -0.2) is 135 Å². The molecule has 2 saturated heterocycles. The number of aliphatic hydroxyl groups is 7. The minimum absolute atomic E-state index is 0.121. The second-order valence-corrected chi connectivity index (χ2v) is 7.99. The maximum Gasteiger partial charge on any atom is 0.323 e. The number of hydrogen-bond acceptors (Lipinski definition) is 14. The zero-order valence-electron chi connectivity index (χ0n) is 18.2. The maximum absolute atomic E-state index is 12.4. The molecule has 34 heavy (non-hydrogen) atoms. The van der Waals surface area contributed by atoms with Crippen molar-refractivity contribution in [3.63, 3.8) is 0 Å². The lowest BCUT2D eigenvalue weighted by Gasteiger charge is -2.45.